The molecule has 1 aliphatic rings. The Hall–Kier alpha value is -3.85. The summed E-state index contributed by atoms with van der Waals surface area (Å²) in [5.74, 6) is -1.41. The Kier molecular flexibility index (Phi) is 5.02. The lowest BCUT2D eigenvalue weighted by Gasteiger charge is -2.34. The fourth-order valence-electron chi connectivity index (χ4n) is 3.93. The van der Waals surface area contributed by atoms with Crippen molar-refractivity contribution in [1.29, 1.82) is 0 Å². The van der Waals surface area contributed by atoms with Crippen LogP contribution in [0.1, 0.15) is 10.4 Å². The molecule has 0 spiro atoms. The van der Waals surface area contributed by atoms with Crippen LogP contribution in [-0.4, -0.2) is 64.2 Å². The van der Waals surface area contributed by atoms with Crippen LogP contribution >= 0.6 is 0 Å². The smallest absolute Gasteiger partial charge is 0.251 e. The predicted molar refractivity (Wildman–Crippen MR) is 121 cm³/mol. The molecule has 0 saturated carbocycles. The van der Waals surface area contributed by atoms with Gasteiger partial charge in [0.05, 0.1) is 17.3 Å². The summed E-state index contributed by atoms with van der Waals surface area (Å²) in [7, 11) is 2.13. The molecule has 8 nitrogen and oxygen atoms in total. The Bertz CT molecular complexity index is 1290. The number of fused-ring (bicyclic) bond motifs is 1. The third-order valence-corrected chi connectivity index (χ3v) is 5.82. The zero-order chi connectivity index (χ0) is 22.2. The van der Waals surface area contributed by atoms with Gasteiger partial charge in [-0.15, -0.1) is 0 Å². The van der Waals surface area contributed by atoms with Gasteiger partial charge in [-0.3, -0.25) is 9.89 Å². The molecule has 1 fully saturated rings. The van der Waals surface area contributed by atoms with Crippen LogP contribution < -0.4 is 10.6 Å². The van der Waals surface area contributed by atoms with Crippen LogP contribution in [0, 0.1) is 5.82 Å². The van der Waals surface area contributed by atoms with Gasteiger partial charge in [-0.05, 0) is 31.3 Å². The highest BCUT2D eigenvalue weighted by atomic mass is 19.1. The van der Waals surface area contributed by atoms with Crippen molar-refractivity contribution < 1.29 is 9.18 Å². The fraction of sp³-hybridized carbons (Fsp3) is 0.217. The lowest BCUT2D eigenvalue weighted by molar-refractivity contribution is 0.0996. The minimum absolute atomic E-state index is 0.112. The number of primary amides is 1. The van der Waals surface area contributed by atoms with Crippen LogP contribution in [0.5, 0.6) is 0 Å². The van der Waals surface area contributed by atoms with Gasteiger partial charge >= 0.3 is 0 Å². The van der Waals surface area contributed by atoms with E-state index in [1.165, 1.54) is 17.8 Å². The van der Waals surface area contributed by atoms with Gasteiger partial charge < -0.3 is 15.5 Å². The van der Waals surface area contributed by atoms with Gasteiger partial charge in [-0.2, -0.15) is 5.10 Å². The third kappa shape index (κ3) is 3.56. The number of anilines is 1. The molecule has 9 heteroatoms. The average molecular weight is 431 g/mol. The van der Waals surface area contributed by atoms with Crippen LogP contribution in [0.4, 0.5) is 10.1 Å². The van der Waals surface area contributed by atoms with Gasteiger partial charge in [0, 0.05) is 37.4 Å². The second-order valence-corrected chi connectivity index (χ2v) is 7.90. The molecule has 5 rings (SSSR count). The molecule has 1 aliphatic heterocycles. The van der Waals surface area contributed by atoms with Gasteiger partial charge in [0.15, 0.2) is 5.82 Å². The fourth-order valence-corrected chi connectivity index (χ4v) is 3.93. The Morgan fingerprint density at radius 1 is 1.09 bits per heavy atom. The van der Waals surface area contributed by atoms with E-state index in [0.29, 0.717) is 16.7 Å². The van der Waals surface area contributed by atoms with E-state index >= 15 is 0 Å². The molecule has 1 amide bonds. The number of aromatic nitrogens is 4. The van der Waals surface area contributed by atoms with Crippen molar-refractivity contribution in [1.82, 2.24) is 25.1 Å². The maximum absolute atomic E-state index is 14.8. The highest BCUT2D eigenvalue weighted by molar-refractivity contribution is 5.95. The van der Waals surface area contributed by atoms with Gasteiger partial charge in [-0.25, -0.2) is 14.4 Å². The third-order valence-electron chi connectivity index (χ3n) is 5.82. The SMILES string of the molecule is CN1CCN(c2ccc(-c3n[nH]c4cnc(-c5cccc(C(N)=O)c5F)nc34)cc2)CC1. The normalized spacial score (nSPS) is 14.8. The molecule has 32 heavy (non-hydrogen) atoms. The molecule has 0 bridgehead atoms. The lowest BCUT2D eigenvalue weighted by Crippen LogP contribution is -2.44. The minimum Gasteiger partial charge on any atom is -0.369 e. The molecule has 3 N–H and O–H groups in total. The molecule has 1 saturated heterocycles. The van der Waals surface area contributed by atoms with E-state index < -0.39 is 11.7 Å². The largest absolute Gasteiger partial charge is 0.369 e. The van der Waals surface area contributed by atoms with E-state index in [9.17, 15) is 9.18 Å². The Labute approximate surface area is 183 Å². The van der Waals surface area contributed by atoms with E-state index in [4.69, 9.17) is 5.73 Å². The van der Waals surface area contributed by atoms with Crippen molar-refractivity contribution in [3.05, 3.63) is 60.0 Å². The van der Waals surface area contributed by atoms with Crippen LogP contribution in [0.3, 0.4) is 0 Å². The molecule has 0 aliphatic carbocycles. The highest BCUT2D eigenvalue weighted by Gasteiger charge is 2.19. The maximum atomic E-state index is 14.8. The van der Waals surface area contributed by atoms with Gasteiger partial charge in [0.25, 0.3) is 5.91 Å². The monoisotopic (exact) mass is 431 g/mol. The number of hydrogen-bond donors (Lipinski definition) is 2. The van der Waals surface area contributed by atoms with E-state index in [1.807, 2.05) is 12.1 Å². The van der Waals surface area contributed by atoms with E-state index in [1.54, 1.807) is 12.3 Å². The molecule has 2 aromatic carbocycles. The van der Waals surface area contributed by atoms with Crippen molar-refractivity contribution in [2.45, 2.75) is 0 Å². The number of carbonyl (C=O) groups is 1. The number of nitrogens with zero attached hydrogens (tertiary/aromatic N) is 5. The zero-order valence-corrected chi connectivity index (χ0v) is 17.5. The van der Waals surface area contributed by atoms with Gasteiger partial charge in [0.2, 0.25) is 0 Å². The molecule has 0 radical (unpaired) electrons. The number of hydrogen-bond acceptors (Lipinski definition) is 6. The number of piperazine rings is 1. The standard InChI is InChI=1S/C23H22FN7O/c1-30-9-11-31(12-10-30)15-7-5-14(6-8-15)20-21-18(28-29-20)13-26-23(27-21)17-4-2-3-16(19(17)24)22(25)32/h2-8,13H,9-12H2,1H3,(H2,25,32)(H,28,29). The zero-order valence-electron chi connectivity index (χ0n) is 17.5. The summed E-state index contributed by atoms with van der Waals surface area (Å²) >= 11 is 0. The summed E-state index contributed by atoms with van der Waals surface area (Å²) in [4.78, 5) is 25.0. The quantitative estimate of drug-likeness (QED) is 0.515. The number of likely N-dealkylation sites (N-methyl/N-ethyl adjacent to an activating group) is 1. The second-order valence-electron chi connectivity index (χ2n) is 7.90. The minimum atomic E-state index is -0.838. The van der Waals surface area contributed by atoms with Gasteiger partial charge in [0.1, 0.15) is 22.5 Å². The van der Waals surface area contributed by atoms with E-state index in [2.05, 4.69) is 49.1 Å². The van der Waals surface area contributed by atoms with Crippen molar-refractivity contribution in [2.75, 3.05) is 38.1 Å². The Morgan fingerprint density at radius 3 is 2.56 bits per heavy atom. The van der Waals surface area contributed by atoms with Gasteiger partial charge in [-0.1, -0.05) is 18.2 Å². The number of carbonyl (C=O) groups excluding carboxylic acids is 1. The van der Waals surface area contributed by atoms with E-state index in [0.717, 1.165) is 31.7 Å². The number of rotatable bonds is 4. The topological polar surface area (TPSA) is 104 Å². The number of benzene rings is 2. The lowest BCUT2D eigenvalue weighted by atomic mass is 10.1. The molecule has 4 aromatic rings. The molecular formula is C23H22FN7O. The summed E-state index contributed by atoms with van der Waals surface area (Å²) in [5, 5.41) is 7.34. The van der Waals surface area contributed by atoms with Crippen LogP contribution in [0.25, 0.3) is 33.7 Å². The first-order valence-corrected chi connectivity index (χ1v) is 10.3. The van der Waals surface area contributed by atoms with Crippen molar-refractivity contribution >= 4 is 22.6 Å². The number of nitrogens with one attached hydrogen (secondary N) is 1. The highest BCUT2D eigenvalue weighted by Crippen LogP contribution is 2.29. The average Bonchev–Trinajstić information content (AvgIpc) is 3.23. The second kappa shape index (κ2) is 8.01. The first-order valence-electron chi connectivity index (χ1n) is 10.3. The first kappa shape index (κ1) is 20.1. The molecule has 0 atom stereocenters. The summed E-state index contributed by atoms with van der Waals surface area (Å²) < 4.78 is 14.8. The van der Waals surface area contributed by atoms with Crippen molar-refractivity contribution in [3.8, 4) is 22.6 Å². The molecule has 3 heterocycles. The van der Waals surface area contributed by atoms with Crippen LogP contribution in [0.2, 0.25) is 0 Å². The predicted octanol–water partition coefficient (Wildman–Crippen LogP) is 2.68. The van der Waals surface area contributed by atoms with Crippen molar-refractivity contribution in [2.24, 2.45) is 5.73 Å². The Morgan fingerprint density at radius 2 is 1.84 bits per heavy atom. The first-order chi connectivity index (χ1) is 15.5. The number of halogens is 1. The number of amides is 1. The molecule has 0 unspecified atom stereocenters. The Balaban J connectivity index is 1.50. The molecular weight excluding hydrogens is 409 g/mol. The van der Waals surface area contributed by atoms with Crippen molar-refractivity contribution in [3.63, 3.8) is 0 Å². The number of nitrogens with two attached hydrogens (primary N) is 1. The summed E-state index contributed by atoms with van der Waals surface area (Å²) in [6.45, 7) is 4.07. The van der Waals surface area contributed by atoms with E-state index in [-0.39, 0.29) is 17.0 Å². The van der Waals surface area contributed by atoms with Crippen LogP contribution in [-0.2, 0) is 0 Å². The summed E-state index contributed by atoms with van der Waals surface area (Å²) in [6.07, 6.45) is 1.56. The number of H-pyrrole nitrogens is 1. The van der Waals surface area contributed by atoms with Crippen LogP contribution in [0.15, 0.2) is 48.7 Å². The summed E-state index contributed by atoms with van der Waals surface area (Å²) in [6, 6.07) is 12.6. The maximum Gasteiger partial charge on any atom is 0.251 e. The summed E-state index contributed by atoms with van der Waals surface area (Å²) in [5.41, 5.74) is 9.11. The molecule has 2 aromatic heterocycles. The molecule has 162 valence electrons. The number of aromatic amines is 1.